The highest BCUT2D eigenvalue weighted by molar-refractivity contribution is 5.93. The summed E-state index contributed by atoms with van der Waals surface area (Å²) in [6, 6.07) is 21.1. The molecular weight excluding hydrogens is 469 g/mol. The molecule has 1 aliphatic carbocycles. The smallest absolute Gasteiger partial charge is 0.309 e. The Morgan fingerprint density at radius 3 is 2.24 bits per heavy atom. The molecule has 4 aromatic rings. The molecule has 7 heteroatoms. The van der Waals surface area contributed by atoms with Gasteiger partial charge in [-0.3, -0.25) is 9.59 Å². The van der Waals surface area contributed by atoms with Crippen molar-refractivity contribution in [3.05, 3.63) is 84.2 Å². The Bertz CT molecular complexity index is 1440. The topological polar surface area (TPSA) is 73.2 Å². The molecule has 1 aromatic heterocycles. The number of aryl methyl sites for hydroxylation is 1. The Labute approximate surface area is 215 Å². The highest BCUT2D eigenvalue weighted by Crippen LogP contribution is 2.41. The lowest BCUT2D eigenvalue weighted by atomic mass is 10.0. The summed E-state index contributed by atoms with van der Waals surface area (Å²) >= 11 is 0. The predicted molar refractivity (Wildman–Crippen MR) is 141 cm³/mol. The third kappa shape index (κ3) is 5.16. The van der Waals surface area contributed by atoms with Crippen molar-refractivity contribution < 1.29 is 18.7 Å². The molecule has 1 amide bonds. The van der Waals surface area contributed by atoms with Crippen LogP contribution in [-0.4, -0.2) is 21.7 Å². The van der Waals surface area contributed by atoms with Gasteiger partial charge in [0.2, 0.25) is 11.8 Å². The summed E-state index contributed by atoms with van der Waals surface area (Å²) in [5.74, 6) is -0.463. The largest absolute Gasteiger partial charge is 0.407 e. The minimum Gasteiger partial charge on any atom is -0.407 e. The predicted octanol–water partition coefficient (Wildman–Crippen LogP) is 6.71. The van der Waals surface area contributed by atoms with E-state index in [2.05, 4.69) is 5.32 Å². The summed E-state index contributed by atoms with van der Waals surface area (Å²) in [7, 11) is 0. The van der Waals surface area contributed by atoms with Crippen molar-refractivity contribution in [2.75, 3.05) is 5.32 Å². The second-order valence-electron chi connectivity index (χ2n) is 9.38. The molecule has 5 rings (SSSR count). The molecule has 37 heavy (non-hydrogen) atoms. The lowest BCUT2D eigenvalue weighted by Crippen LogP contribution is -2.20. The average Bonchev–Trinajstić information content (AvgIpc) is 3.54. The molecule has 0 bridgehead atoms. The molecule has 188 valence electrons. The number of amides is 1. The van der Waals surface area contributed by atoms with Gasteiger partial charge in [-0.15, -0.1) is 0 Å². The molecule has 1 saturated carbocycles. The minimum absolute atomic E-state index is 0.0465. The number of hydrogen-bond donors (Lipinski definition) is 1. The number of ether oxygens (including phenoxy) is 1. The number of anilines is 1. The van der Waals surface area contributed by atoms with Crippen molar-refractivity contribution in [1.29, 1.82) is 0 Å². The van der Waals surface area contributed by atoms with E-state index in [1.165, 1.54) is 19.1 Å². The molecule has 0 saturated heterocycles. The molecule has 0 spiro atoms. The number of nitrogens with one attached hydrogen (secondary N) is 1. The number of halogens is 1. The van der Waals surface area contributed by atoms with Crippen LogP contribution in [0.2, 0.25) is 0 Å². The molecule has 0 unspecified atom stereocenters. The molecule has 1 aliphatic rings. The number of aromatic nitrogens is 2. The second-order valence-corrected chi connectivity index (χ2v) is 9.38. The molecule has 0 atom stereocenters. The highest BCUT2D eigenvalue weighted by atomic mass is 19.1. The van der Waals surface area contributed by atoms with Gasteiger partial charge in [-0.1, -0.05) is 43.2 Å². The average molecular weight is 498 g/mol. The van der Waals surface area contributed by atoms with Gasteiger partial charge in [0, 0.05) is 24.1 Å². The van der Waals surface area contributed by atoms with Crippen molar-refractivity contribution in [2.45, 2.75) is 39.5 Å². The van der Waals surface area contributed by atoms with Crippen molar-refractivity contribution >= 4 is 17.6 Å². The minimum atomic E-state index is -0.484. The molecule has 1 heterocycles. The van der Waals surface area contributed by atoms with Gasteiger partial charge >= 0.3 is 5.97 Å². The summed E-state index contributed by atoms with van der Waals surface area (Å²) in [6.07, 6.45) is 4.03. The van der Waals surface area contributed by atoms with Crippen LogP contribution in [0.25, 0.3) is 28.1 Å². The summed E-state index contributed by atoms with van der Waals surface area (Å²) < 4.78 is 21.1. The second kappa shape index (κ2) is 10.4. The number of hydrogen-bond acceptors (Lipinski definition) is 4. The standard InChI is InChI=1S/C30H28FN3O3/c1-19-7-3-6-10-26(19)34-30(37-20(2)35)27(28(33-34)22-11-15-24(31)16-12-22)21-13-17-25(18-14-21)32-29(36)23-8-4-5-9-23/h3,6-7,10-18,23H,4-5,8-9H2,1-2H3,(H,32,36). The first-order valence-electron chi connectivity index (χ1n) is 12.5. The fourth-order valence-corrected chi connectivity index (χ4v) is 4.82. The van der Waals surface area contributed by atoms with Gasteiger partial charge in [0.1, 0.15) is 11.5 Å². The quantitative estimate of drug-likeness (QED) is 0.301. The summed E-state index contributed by atoms with van der Waals surface area (Å²) in [5.41, 5.74) is 4.96. The van der Waals surface area contributed by atoms with Crippen LogP contribution < -0.4 is 10.1 Å². The third-order valence-corrected chi connectivity index (χ3v) is 6.71. The van der Waals surface area contributed by atoms with Gasteiger partial charge in [-0.05, 0) is 73.4 Å². The van der Waals surface area contributed by atoms with Crippen molar-refractivity contribution in [1.82, 2.24) is 9.78 Å². The molecular formula is C30H28FN3O3. The van der Waals surface area contributed by atoms with Crippen LogP contribution in [0.4, 0.5) is 10.1 Å². The highest BCUT2D eigenvalue weighted by Gasteiger charge is 2.26. The van der Waals surface area contributed by atoms with Crippen molar-refractivity contribution in [3.63, 3.8) is 0 Å². The van der Waals surface area contributed by atoms with Crippen LogP contribution in [0.3, 0.4) is 0 Å². The van der Waals surface area contributed by atoms with Gasteiger partial charge in [-0.25, -0.2) is 4.39 Å². The maximum atomic E-state index is 13.7. The fraction of sp³-hybridized carbons (Fsp3) is 0.233. The lowest BCUT2D eigenvalue weighted by Gasteiger charge is -2.12. The van der Waals surface area contributed by atoms with Crippen molar-refractivity contribution in [3.8, 4) is 34.0 Å². The van der Waals surface area contributed by atoms with Gasteiger partial charge in [0.05, 0.1) is 11.3 Å². The van der Waals surface area contributed by atoms with E-state index in [0.717, 1.165) is 42.5 Å². The van der Waals surface area contributed by atoms with E-state index in [-0.39, 0.29) is 23.5 Å². The number of nitrogens with zero attached hydrogens (tertiary/aromatic N) is 2. The van der Waals surface area contributed by atoms with E-state index in [1.807, 2.05) is 55.5 Å². The SMILES string of the molecule is CC(=O)Oc1c(-c2ccc(NC(=O)C3CCCC3)cc2)c(-c2ccc(F)cc2)nn1-c1ccccc1C. The Balaban J connectivity index is 1.62. The Kier molecular flexibility index (Phi) is 6.86. The third-order valence-electron chi connectivity index (χ3n) is 6.71. The zero-order valence-corrected chi connectivity index (χ0v) is 20.8. The normalized spacial score (nSPS) is 13.5. The van der Waals surface area contributed by atoms with Gasteiger partial charge in [0.25, 0.3) is 0 Å². The number of benzene rings is 3. The Hall–Kier alpha value is -4.26. The first kappa shape index (κ1) is 24.4. The summed E-state index contributed by atoms with van der Waals surface area (Å²) in [5, 5.41) is 7.85. The number of para-hydroxylation sites is 1. The van der Waals surface area contributed by atoms with E-state index in [4.69, 9.17) is 9.84 Å². The zero-order chi connectivity index (χ0) is 25.9. The molecule has 0 aliphatic heterocycles. The van der Waals surface area contributed by atoms with Gasteiger partial charge in [-0.2, -0.15) is 9.78 Å². The monoisotopic (exact) mass is 497 g/mol. The first-order chi connectivity index (χ1) is 17.9. The van der Waals surface area contributed by atoms with E-state index in [9.17, 15) is 14.0 Å². The molecule has 1 N–H and O–H groups in total. The fourth-order valence-electron chi connectivity index (χ4n) is 4.82. The number of carbonyl (C=O) groups is 2. The van der Waals surface area contributed by atoms with E-state index in [1.54, 1.807) is 16.8 Å². The van der Waals surface area contributed by atoms with Crippen LogP contribution in [-0.2, 0) is 9.59 Å². The molecule has 3 aromatic carbocycles. The van der Waals surface area contributed by atoms with Gasteiger partial charge < -0.3 is 10.1 Å². The van der Waals surface area contributed by atoms with Crippen molar-refractivity contribution in [2.24, 2.45) is 5.92 Å². The molecule has 1 fully saturated rings. The number of carbonyl (C=O) groups excluding carboxylic acids is 2. The maximum Gasteiger partial charge on any atom is 0.309 e. The molecule has 6 nitrogen and oxygen atoms in total. The maximum absolute atomic E-state index is 13.7. The number of esters is 1. The molecule has 0 radical (unpaired) electrons. The van der Waals surface area contributed by atoms with Gasteiger partial charge in [0.15, 0.2) is 0 Å². The Morgan fingerprint density at radius 1 is 0.946 bits per heavy atom. The lowest BCUT2D eigenvalue weighted by molar-refractivity contribution is -0.132. The Morgan fingerprint density at radius 2 is 1.59 bits per heavy atom. The van der Waals surface area contributed by atoms with E-state index in [0.29, 0.717) is 22.5 Å². The van der Waals surface area contributed by atoms with Crippen LogP contribution in [0.1, 0.15) is 38.2 Å². The van der Waals surface area contributed by atoms with Crippen LogP contribution in [0.5, 0.6) is 5.88 Å². The van der Waals surface area contributed by atoms with Crippen LogP contribution in [0, 0.1) is 18.7 Å². The summed E-state index contributed by atoms with van der Waals surface area (Å²) in [6.45, 7) is 3.30. The van der Waals surface area contributed by atoms with E-state index < -0.39 is 5.97 Å². The van der Waals surface area contributed by atoms with Crippen LogP contribution >= 0.6 is 0 Å². The van der Waals surface area contributed by atoms with Crippen LogP contribution in [0.15, 0.2) is 72.8 Å². The first-order valence-corrected chi connectivity index (χ1v) is 12.5. The summed E-state index contributed by atoms with van der Waals surface area (Å²) in [4.78, 5) is 24.8. The van der Waals surface area contributed by atoms with E-state index >= 15 is 0 Å². The number of rotatable bonds is 6. The zero-order valence-electron chi connectivity index (χ0n) is 20.8.